The maximum Gasteiger partial charge on any atom is 0.0701 e. The van der Waals surface area contributed by atoms with E-state index in [1.54, 1.807) is 0 Å². The first-order valence-electron chi connectivity index (χ1n) is 14.3. The number of hydrogen-bond donors (Lipinski definition) is 0. The molecule has 0 aliphatic carbocycles. The Bertz CT molecular complexity index is 1910. The van der Waals surface area contributed by atoms with Crippen LogP contribution >= 0.6 is 0 Å². The van der Waals surface area contributed by atoms with Gasteiger partial charge < -0.3 is 0 Å². The zero-order valence-electron chi connectivity index (χ0n) is 23.2. The van der Waals surface area contributed by atoms with Crippen LogP contribution in [0.4, 0.5) is 0 Å². The third-order valence-corrected chi connectivity index (χ3v) is 7.76. The van der Waals surface area contributed by atoms with E-state index < -0.39 is 0 Å². The molecule has 0 bridgehead atoms. The first kappa shape index (κ1) is 25.4. The lowest BCUT2D eigenvalue weighted by Gasteiger charge is -2.24. The fourth-order valence-corrected chi connectivity index (χ4v) is 5.81. The Morgan fingerprint density at radius 3 is 1.12 bits per heavy atom. The highest BCUT2D eigenvalue weighted by Gasteiger charge is 2.23. The molecule has 0 radical (unpaired) electrons. The van der Waals surface area contributed by atoms with Crippen LogP contribution in [0.1, 0.15) is 0 Å². The van der Waals surface area contributed by atoms with Crippen LogP contribution in [-0.4, -0.2) is 4.98 Å². The lowest BCUT2D eigenvalue weighted by Crippen LogP contribution is -1.98. The van der Waals surface area contributed by atoms with Gasteiger partial charge in [-0.3, -0.25) is 4.98 Å². The largest absolute Gasteiger partial charge is 0.256 e. The van der Waals surface area contributed by atoms with Crippen LogP contribution in [0.5, 0.6) is 0 Å². The SMILES string of the molecule is c1ccc(-c2cc(-c3ccc(-c4ccccn4)cc3)c(-c3ccccc3)c(-c3ccccc3)c2-c2ccccc2)cc1. The number of pyridine rings is 1. The Balaban J connectivity index is 1.60. The summed E-state index contributed by atoms with van der Waals surface area (Å²) < 4.78 is 0. The van der Waals surface area contributed by atoms with Gasteiger partial charge in [0, 0.05) is 11.8 Å². The quantitative estimate of drug-likeness (QED) is 0.206. The van der Waals surface area contributed by atoms with Crippen LogP contribution in [0.25, 0.3) is 66.9 Å². The van der Waals surface area contributed by atoms with Crippen LogP contribution in [0.3, 0.4) is 0 Å². The van der Waals surface area contributed by atoms with E-state index in [9.17, 15) is 0 Å². The summed E-state index contributed by atoms with van der Waals surface area (Å²) in [7, 11) is 0. The minimum atomic E-state index is 0.974. The van der Waals surface area contributed by atoms with Gasteiger partial charge in [0.05, 0.1) is 5.69 Å². The molecule has 0 aliphatic rings. The van der Waals surface area contributed by atoms with Crippen molar-refractivity contribution in [1.82, 2.24) is 4.98 Å². The molecule has 7 aromatic rings. The van der Waals surface area contributed by atoms with Gasteiger partial charge in [-0.2, -0.15) is 0 Å². The van der Waals surface area contributed by atoms with E-state index in [1.807, 2.05) is 18.3 Å². The minimum absolute atomic E-state index is 0.974. The second-order valence-corrected chi connectivity index (χ2v) is 10.4. The second kappa shape index (κ2) is 11.5. The van der Waals surface area contributed by atoms with Gasteiger partial charge in [0.25, 0.3) is 0 Å². The average molecular weight is 536 g/mol. The smallest absolute Gasteiger partial charge is 0.0701 e. The average Bonchev–Trinajstić information content (AvgIpc) is 3.09. The second-order valence-electron chi connectivity index (χ2n) is 10.4. The van der Waals surface area contributed by atoms with Crippen molar-refractivity contribution in [2.45, 2.75) is 0 Å². The van der Waals surface area contributed by atoms with Crippen molar-refractivity contribution in [2.75, 3.05) is 0 Å². The highest BCUT2D eigenvalue weighted by atomic mass is 14.7. The number of nitrogens with zero attached hydrogens (tertiary/aromatic N) is 1. The molecule has 0 amide bonds. The molecule has 0 N–H and O–H groups in total. The molecule has 42 heavy (non-hydrogen) atoms. The van der Waals surface area contributed by atoms with Crippen molar-refractivity contribution in [1.29, 1.82) is 0 Å². The summed E-state index contributed by atoms with van der Waals surface area (Å²) in [4.78, 5) is 4.57. The molecule has 0 atom stereocenters. The summed E-state index contributed by atoms with van der Waals surface area (Å²) >= 11 is 0. The summed E-state index contributed by atoms with van der Waals surface area (Å²) in [6, 6.07) is 60.4. The van der Waals surface area contributed by atoms with Crippen molar-refractivity contribution in [3.05, 3.63) is 176 Å². The Morgan fingerprint density at radius 2 is 0.667 bits per heavy atom. The zero-order chi connectivity index (χ0) is 28.1. The lowest BCUT2D eigenvalue weighted by atomic mass is 9.79. The third kappa shape index (κ3) is 4.93. The van der Waals surface area contributed by atoms with E-state index in [0.717, 1.165) is 11.3 Å². The molecule has 0 fully saturated rings. The van der Waals surface area contributed by atoms with E-state index in [2.05, 4.69) is 163 Å². The Hall–Kier alpha value is -5.53. The van der Waals surface area contributed by atoms with Gasteiger partial charge in [-0.15, -0.1) is 0 Å². The summed E-state index contributed by atoms with van der Waals surface area (Å²) in [6.07, 6.45) is 1.84. The Morgan fingerprint density at radius 1 is 0.286 bits per heavy atom. The first-order chi connectivity index (χ1) is 20.9. The molecule has 1 nitrogen and oxygen atoms in total. The number of hydrogen-bond acceptors (Lipinski definition) is 1. The van der Waals surface area contributed by atoms with E-state index in [1.165, 1.54) is 55.6 Å². The third-order valence-electron chi connectivity index (χ3n) is 7.76. The minimum Gasteiger partial charge on any atom is -0.256 e. The lowest BCUT2D eigenvalue weighted by molar-refractivity contribution is 1.33. The molecule has 1 heteroatoms. The number of benzene rings is 6. The molecule has 7 rings (SSSR count). The van der Waals surface area contributed by atoms with Crippen molar-refractivity contribution < 1.29 is 0 Å². The van der Waals surface area contributed by atoms with E-state index in [-0.39, 0.29) is 0 Å². The fourth-order valence-electron chi connectivity index (χ4n) is 5.81. The van der Waals surface area contributed by atoms with Gasteiger partial charge in [0.1, 0.15) is 0 Å². The van der Waals surface area contributed by atoms with E-state index >= 15 is 0 Å². The molecule has 1 aromatic heterocycles. The normalized spacial score (nSPS) is 10.9. The Kier molecular flexibility index (Phi) is 6.98. The molecule has 6 aromatic carbocycles. The Labute approximate surface area is 247 Å². The molecule has 0 spiro atoms. The van der Waals surface area contributed by atoms with E-state index in [0.29, 0.717) is 0 Å². The zero-order valence-corrected chi connectivity index (χ0v) is 23.2. The topological polar surface area (TPSA) is 12.9 Å². The summed E-state index contributed by atoms with van der Waals surface area (Å²) in [5, 5.41) is 0. The fraction of sp³-hybridized carbons (Fsp3) is 0. The predicted molar refractivity (Wildman–Crippen MR) is 177 cm³/mol. The van der Waals surface area contributed by atoms with Crippen LogP contribution in [0.2, 0.25) is 0 Å². The molecule has 0 saturated carbocycles. The molecule has 0 unspecified atom stereocenters. The van der Waals surface area contributed by atoms with Crippen molar-refractivity contribution in [2.24, 2.45) is 0 Å². The highest BCUT2D eigenvalue weighted by Crippen LogP contribution is 2.50. The standard InChI is InChI=1S/C41H29N/c1-5-15-30(16-6-1)36-29-37(31-24-26-32(27-25-31)38-23-13-14-28-42-38)40(34-19-9-3-10-20-34)41(35-21-11-4-12-22-35)39(36)33-17-7-2-8-18-33/h1-29H. The maximum absolute atomic E-state index is 4.57. The molecular formula is C41H29N. The summed E-state index contributed by atoms with van der Waals surface area (Å²) in [5.74, 6) is 0. The van der Waals surface area contributed by atoms with Crippen molar-refractivity contribution >= 4 is 0 Å². The van der Waals surface area contributed by atoms with Gasteiger partial charge in [0.15, 0.2) is 0 Å². The predicted octanol–water partition coefficient (Wildman–Crippen LogP) is 11.1. The highest BCUT2D eigenvalue weighted by molar-refractivity contribution is 6.07. The maximum atomic E-state index is 4.57. The molecule has 0 saturated heterocycles. The van der Waals surface area contributed by atoms with Gasteiger partial charge in [-0.05, 0) is 73.8 Å². The van der Waals surface area contributed by atoms with Gasteiger partial charge in [0.2, 0.25) is 0 Å². The van der Waals surface area contributed by atoms with E-state index in [4.69, 9.17) is 0 Å². The first-order valence-corrected chi connectivity index (χ1v) is 14.3. The molecular weight excluding hydrogens is 506 g/mol. The molecule has 0 aliphatic heterocycles. The molecule has 198 valence electrons. The summed E-state index contributed by atoms with van der Waals surface area (Å²) in [5.41, 5.74) is 14.1. The van der Waals surface area contributed by atoms with Crippen LogP contribution in [0.15, 0.2) is 176 Å². The van der Waals surface area contributed by atoms with Gasteiger partial charge >= 0.3 is 0 Å². The monoisotopic (exact) mass is 535 g/mol. The number of rotatable bonds is 6. The van der Waals surface area contributed by atoms with Crippen LogP contribution in [-0.2, 0) is 0 Å². The van der Waals surface area contributed by atoms with Crippen molar-refractivity contribution in [3.8, 4) is 66.9 Å². The van der Waals surface area contributed by atoms with Gasteiger partial charge in [-0.25, -0.2) is 0 Å². The van der Waals surface area contributed by atoms with Crippen LogP contribution in [0, 0.1) is 0 Å². The van der Waals surface area contributed by atoms with Crippen molar-refractivity contribution in [3.63, 3.8) is 0 Å². The number of aromatic nitrogens is 1. The molecule has 1 heterocycles. The van der Waals surface area contributed by atoms with Gasteiger partial charge in [-0.1, -0.05) is 152 Å². The summed E-state index contributed by atoms with van der Waals surface area (Å²) in [6.45, 7) is 0. The van der Waals surface area contributed by atoms with Crippen LogP contribution < -0.4 is 0 Å².